The molecule has 2 atom stereocenters. The van der Waals surface area contributed by atoms with E-state index in [4.69, 9.17) is 9.84 Å². The maximum Gasteiger partial charge on any atom is 0.306 e. The standard InChI is InChI=1S/C15H18FNO4/c1-21-13-6-5-9(7-12(13)16)14(18)17-8-10-3-2-4-11(10)15(19)20/h5-7,10-11H,2-4,8H2,1H3,(H,17,18)(H,19,20). The number of benzene rings is 1. The molecule has 0 heterocycles. The van der Waals surface area contributed by atoms with E-state index in [2.05, 4.69) is 5.32 Å². The van der Waals surface area contributed by atoms with Crippen LogP contribution in [0.4, 0.5) is 4.39 Å². The number of carbonyl (C=O) groups excluding carboxylic acids is 1. The van der Waals surface area contributed by atoms with Crippen LogP contribution in [-0.2, 0) is 4.79 Å². The predicted octanol–water partition coefficient (Wildman–Crippen LogP) is 2.07. The molecule has 6 heteroatoms. The van der Waals surface area contributed by atoms with Crippen LogP contribution in [-0.4, -0.2) is 30.6 Å². The third-order valence-electron chi connectivity index (χ3n) is 3.92. The SMILES string of the molecule is COc1ccc(C(=O)NCC2CCCC2C(=O)O)cc1F. The van der Waals surface area contributed by atoms with Crippen LogP contribution in [0, 0.1) is 17.7 Å². The van der Waals surface area contributed by atoms with Gasteiger partial charge in [0.25, 0.3) is 5.91 Å². The van der Waals surface area contributed by atoms with Crippen molar-refractivity contribution in [2.24, 2.45) is 11.8 Å². The molecule has 0 bridgehead atoms. The zero-order valence-corrected chi connectivity index (χ0v) is 11.8. The van der Waals surface area contributed by atoms with Crippen molar-refractivity contribution in [3.63, 3.8) is 0 Å². The third-order valence-corrected chi connectivity index (χ3v) is 3.92. The van der Waals surface area contributed by atoms with E-state index in [0.29, 0.717) is 13.0 Å². The Morgan fingerprint density at radius 2 is 2.19 bits per heavy atom. The summed E-state index contributed by atoms with van der Waals surface area (Å²) in [5.41, 5.74) is 0.193. The summed E-state index contributed by atoms with van der Waals surface area (Å²) < 4.78 is 18.3. The molecule has 1 aliphatic rings. The summed E-state index contributed by atoms with van der Waals surface area (Å²) in [6.07, 6.45) is 2.29. The van der Waals surface area contributed by atoms with Gasteiger partial charge in [-0.15, -0.1) is 0 Å². The van der Waals surface area contributed by atoms with Crippen molar-refractivity contribution < 1.29 is 23.8 Å². The normalized spacial score (nSPS) is 21.0. The van der Waals surface area contributed by atoms with Crippen LogP contribution >= 0.6 is 0 Å². The van der Waals surface area contributed by atoms with Crippen LogP contribution < -0.4 is 10.1 Å². The molecule has 1 amide bonds. The number of methoxy groups -OCH3 is 1. The summed E-state index contributed by atoms with van der Waals surface area (Å²) >= 11 is 0. The first-order chi connectivity index (χ1) is 10.0. The molecule has 5 nitrogen and oxygen atoms in total. The Hall–Kier alpha value is -2.11. The van der Waals surface area contributed by atoms with Crippen LogP contribution in [0.25, 0.3) is 0 Å². The molecule has 2 N–H and O–H groups in total. The van der Waals surface area contributed by atoms with Gasteiger partial charge in [0.05, 0.1) is 13.0 Å². The topological polar surface area (TPSA) is 75.6 Å². The van der Waals surface area contributed by atoms with Gasteiger partial charge in [0.1, 0.15) is 0 Å². The van der Waals surface area contributed by atoms with Crippen LogP contribution in [0.5, 0.6) is 5.75 Å². The molecule has 1 aromatic carbocycles. The summed E-state index contributed by atoms with van der Waals surface area (Å²) in [5.74, 6) is -2.22. The van der Waals surface area contributed by atoms with Gasteiger partial charge in [-0.05, 0) is 37.0 Å². The van der Waals surface area contributed by atoms with Gasteiger partial charge in [0.15, 0.2) is 11.6 Å². The van der Waals surface area contributed by atoms with Crippen LogP contribution in [0.3, 0.4) is 0 Å². The molecule has 1 fully saturated rings. The van der Waals surface area contributed by atoms with E-state index in [1.807, 2.05) is 0 Å². The van der Waals surface area contributed by atoms with E-state index < -0.39 is 23.6 Å². The van der Waals surface area contributed by atoms with Crippen LogP contribution in [0.1, 0.15) is 29.6 Å². The maximum absolute atomic E-state index is 13.5. The van der Waals surface area contributed by atoms with Gasteiger partial charge in [-0.25, -0.2) is 4.39 Å². The Balaban J connectivity index is 1.95. The second-order valence-electron chi connectivity index (χ2n) is 5.20. The summed E-state index contributed by atoms with van der Waals surface area (Å²) in [4.78, 5) is 23.0. The fourth-order valence-corrected chi connectivity index (χ4v) is 2.74. The molecular formula is C15H18FNO4. The lowest BCUT2D eigenvalue weighted by atomic mass is 9.96. The number of amides is 1. The number of hydrogen-bond acceptors (Lipinski definition) is 3. The highest BCUT2D eigenvalue weighted by atomic mass is 19.1. The first kappa shape index (κ1) is 15.3. The van der Waals surface area contributed by atoms with E-state index >= 15 is 0 Å². The minimum atomic E-state index is -0.817. The van der Waals surface area contributed by atoms with Crippen LogP contribution in [0.2, 0.25) is 0 Å². The van der Waals surface area contributed by atoms with Crippen molar-refractivity contribution in [3.05, 3.63) is 29.6 Å². The zero-order chi connectivity index (χ0) is 15.4. The Kier molecular flexibility index (Phi) is 4.77. The lowest BCUT2D eigenvalue weighted by molar-refractivity contribution is -0.142. The fraction of sp³-hybridized carbons (Fsp3) is 0.467. The zero-order valence-electron chi connectivity index (χ0n) is 11.8. The summed E-state index contributed by atoms with van der Waals surface area (Å²) in [6, 6.07) is 3.97. The predicted molar refractivity (Wildman–Crippen MR) is 73.8 cm³/mol. The number of rotatable bonds is 5. The number of aliphatic carboxylic acids is 1. The second-order valence-corrected chi connectivity index (χ2v) is 5.20. The van der Waals surface area contributed by atoms with E-state index in [0.717, 1.165) is 18.9 Å². The number of carboxylic acid groups (broad SMARTS) is 1. The highest BCUT2D eigenvalue weighted by Gasteiger charge is 2.32. The van der Waals surface area contributed by atoms with Crippen molar-refractivity contribution in [2.75, 3.05) is 13.7 Å². The number of carbonyl (C=O) groups is 2. The number of halogens is 1. The van der Waals surface area contributed by atoms with E-state index in [9.17, 15) is 14.0 Å². The summed E-state index contributed by atoms with van der Waals surface area (Å²) in [7, 11) is 1.35. The Bertz CT molecular complexity index is 546. The molecule has 0 saturated heterocycles. The molecule has 1 aromatic rings. The minimum Gasteiger partial charge on any atom is -0.494 e. The molecule has 0 radical (unpaired) electrons. The highest BCUT2D eigenvalue weighted by molar-refractivity contribution is 5.94. The quantitative estimate of drug-likeness (QED) is 0.872. The lowest BCUT2D eigenvalue weighted by Crippen LogP contribution is -2.33. The monoisotopic (exact) mass is 295 g/mol. The van der Waals surface area contributed by atoms with Gasteiger partial charge in [-0.2, -0.15) is 0 Å². The molecule has 2 rings (SSSR count). The molecule has 1 aliphatic carbocycles. The maximum atomic E-state index is 13.5. The Labute approximate surface area is 122 Å². The molecule has 0 aliphatic heterocycles. The van der Waals surface area contributed by atoms with E-state index in [1.54, 1.807) is 0 Å². The van der Waals surface area contributed by atoms with Gasteiger partial charge in [0, 0.05) is 12.1 Å². The molecule has 114 valence electrons. The molecule has 1 saturated carbocycles. The average molecular weight is 295 g/mol. The molecule has 2 unspecified atom stereocenters. The first-order valence-electron chi connectivity index (χ1n) is 6.87. The molecular weight excluding hydrogens is 277 g/mol. The van der Waals surface area contributed by atoms with E-state index in [1.165, 1.54) is 19.2 Å². The highest BCUT2D eigenvalue weighted by Crippen LogP contribution is 2.31. The van der Waals surface area contributed by atoms with Gasteiger partial charge in [-0.1, -0.05) is 6.42 Å². The molecule has 0 aromatic heterocycles. The number of carboxylic acids is 1. The number of ether oxygens (including phenoxy) is 1. The van der Waals surface area contributed by atoms with Crippen LogP contribution in [0.15, 0.2) is 18.2 Å². The smallest absolute Gasteiger partial charge is 0.306 e. The van der Waals surface area contributed by atoms with Gasteiger partial charge in [-0.3, -0.25) is 9.59 Å². The van der Waals surface area contributed by atoms with Crippen molar-refractivity contribution in [1.82, 2.24) is 5.32 Å². The first-order valence-corrected chi connectivity index (χ1v) is 6.87. The van der Waals surface area contributed by atoms with Gasteiger partial charge in [0.2, 0.25) is 0 Å². The number of hydrogen-bond donors (Lipinski definition) is 2. The summed E-state index contributed by atoms with van der Waals surface area (Å²) in [5, 5.41) is 11.8. The fourth-order valence-electron chi connectivity index (χ4n) is 2.74. The molecule has 21 heavy (non-hydrogen) atoms. The lowest BCUT2D eigenvalue weighted by Gasteiger charge is -2.16. The summed E-state index contributed by atoms with van der Waals surface area (Å²) in [6.45, 7) is 0.295. The average Bonchev–Trinajstić information content (AvgIpc) is 2.93. The third kappa shape index (κ3) is 3.51. The van der Waals surface area contributed by atoms with Gasteiger partial charge >= 0.3 is 5.97 Å². The second kappa shape index (κ2) is 6.56. The van der Waals surface area contributed by atoms with E-state index in [-0.39, 0.29) is 17.2 Å². The molecule has 0 spiro atoms. The van der Waals surface area contributed by atoms with Crippen molar-refractivity contribution in [3.8, 4) is 5.75 Å². The van der Waals surface area contributed by atoms with Crippen molar-refractivity contribution in [2.45, 2.75) is 19.3 Å². The Morgan fingerprint density at radius 3 is 2.81 bits per heavy atom. The van der Waals surface area contributed by atoms with Crippen molar-refractivity contribution in [1.29, 1.82) is 0 Å². The van der Waals surface area contributed by atoms with Crippen molar-refractivity contribution >= 4 is 11.9 Å². The minimum absolute atomic E-state index is 0.0606. The number of nitrogens with one attached hydrogen (secondary N) is 1. The Morgan fingerprint density at radius 1 is 1.43 bits per heavy atom. The van der Waals surface area contributed by atoms with Gasteiger partial charge < -0.3 is 15.2 Å². The largest absolute Gasteiger partial charge is 0.494 e.